The number of hydrogen-bond donors (Lipinski definition) is 1. The summed E-state index contributed by atoms with van der Waals surface area (Å²) in [4.78, 5) is 24.2. The van der Waals surface area contributed by atoms with Gasteiger partial charge in [-0.15, -0.1) is 0 Å². The highest BCUT2D eigenvalue weighted by atomic mass is 16.5. The Morgan fingerprint density at radius 1 is 1.08 bits per heavy atom. The van der Waals surface area contributed by atoms with Crippen LogP contribution in [-0.2, 0) is 11.2 Å². The van der Waals surface area contributed by atoms with Crippen molar-refractivity contribution in [2.24, 2.45) is 0 Å². The Labute approximate surface area is 149 Å². The Balaban J connectivity index is 2.22. The number of esters is 1. The maximum absolute atomic E-state index is 12.7. The Kier molecular flexibility index (Phi) is 6.34. The molecule has 1 amide bonds. The Morgan fingerprint density at radius 3 is 2.36 bits per heavy atom. The molecule has 0 unspecified atom stereocenters. The molecule has 2 aromatic carbocycles. The number of aryl methyl sites for hydroxylation is 1. The molecule has 2 aromatic rings. The minimum Gasteiger partial charge on any atom is -0.426 e. The second-order valence-corrected chi connectivity index (χ2v) is 6.42. The van der Waals surface area contributed by atoms with Crippen LogP contribution in [0.1, 0.15) is 53.7 Å². The minimum absolute atomic E-state index is 0.144. The predicted octanol–water partition coefficient (Wildman–Crippen LogP) is 4.02. The van der Waals surface area contributed by atoms with Gasteiger partial charge in [-0.2, -0.15) is 0 Å². The molecular formula is C21H25NO3. The molecule has 0 fully saturated rings. The summed E-state index contributed by atoms with van der Waals surface area (Å²) >= 11 is 0. The number of amides is 1. The molecule has 0 aliphatic heterocycles. The number of carbonyl (C=O) groups is 2. The highest BCUT2D eigenvalue weighted by molar-refractivity contribution is 5.99. The van der Waals surface area contributed by atoms with Crippen LogP contribution in [-0.4, -0.2) is 18.4 Å². The average molecular weight is 339 g/mol. The molecule has 0 saturated heterocycles. The molecular weight excluding hydrogens is 314 g/mol. The van der Waals surface area contributed by atoms with Crippen molar-refractivity contribution in [3.05, 3.63) is 64.7 Å². The van der Waals surface area contributed by atoms with Gasteiger partial charge in [0.15, 0.2) is 0 Å². The van der Waals surface area contributed by atoms with E-state index in [1.54, 1.807) is 0 Å². The van der Waals surface area contributed by atoms with Crippen molar-refractivity contribution in [1.82, 2.24) is 5.32 Å². The molecule has 25 heavy (non-hydrogen) atoms. The zero-order valence-electron chi connectivity index (χ0n) is 15.3. The van der Waals surface area contributed by atoms with E-state index in [2.05, 4.69) is 5.32 Å². The SMILES string of the molecule is CC(=O)Oc1c(C(C)C)ccc(C)c1C(=O)NCCc1ccccc1. The van der Waals surface area contributed by atoms with E-state index in [1.165, 1.54) is 6.92 Å². The number of nitrogens with one attached hydrogen (secondary N) is 1. The topological polar surface area (TPSA) is 55.4 Å². The lowest BCUT2D eigenvalue weighted by Gasteiger charge is -2.18. The van der Waals surface area contributed by atoms with Gasteiger partial charge in [0.2, 0.25) is 0 Å². The number of rotatable bonds is 6. The third kappa shape index (κ3) is 4.92. The first-order chi connectivity index (χ1) is 11.9. The summed E-state index contributed by atoms with van der Waals surface area (Å²) in [7, 11) is 0. The lowest BCUT2D eigenvalue weighted by Crippen LogP contribution is -2.27. The monoisotopic (exact) mass is 339 g/mol. The largest absolute Gasteiger partial charge is 0.426 e. The molecule has 4 nitrogen and oxygen atoms in total. The van der Waals surface area contributed by atoms with Gasteiger partial charge in [0, 0.05) is 13.5 Å². The smallest absolute Gasteiger partial charge is 0.308 e. The Bertz CT molecular complexity index is 751. The van der Waals surface area contributed by atoms with Crippen LogP contribution >= 0.6 is 0 Å². The van der Waals surface area contributed by atoms with Crippen LogP contribution in [0.2, 0.25) is 0 Å². The van der Waals surface area contributed by atoms with E-state index in [-0.39, 0.29) is 11.8 Å². The van der Waals surface area contributed by atoms with Crippen molar-refractivity contribution in [2.75, 3.05) is 6.54 Å². The van der Waals surface area contributed by atoms with Gasteiger partial charge in [0.05, 0.1) is 5.56 Å². The van der Waals surface area contributed by atoms with Gasteiger partial charge in [0.1, 0.15) is 5.75 Å². The first-order valence-electron chi connectivity index (χ1n) is 8.54. The second-order valence-electron chi connectivity index (χ2n) is 6.42. The average Bonchev–Trinajstić information content (AvgIpc) is 2.55. The Morgan fingerprint density at radius 2 is 1.76 bits per heavy atom. The maximum atomic E-state index is 12.7. The molecule has 4 heteroatoms. The van der Waals surface area contributed by atoms with Gasteiger partial charge in [0.25, 0.3) is 5.91 Å². The fourth-order valence-corrected chi connectivity index (χ4v) is 2.74. The molecule has 1 N–H and O–H groups in total. The zero-order valence-corrected chi connectivity index (χ0v) is 15.3. The fourth-order valence-electron chi connectivity index (χ4n) is 2.74. The van der Waals surface area contributed by atoms with Crippen molar-refractivity contribution < 1.29 is 14.3 Å². The molecule has 2 rings (SSSR count). The molecule has 0 atom stereocenters. The summed E-state index contributed by atoms with van der Waals surface area (Å²) in [5, 5.41) is 2.94. The van der Waals surface area contributed by atoms with Crippen LogP contribution in [0.3, 0.4) is 0 Å². The minimum atomic E-state index is -0.425. The highest BCUT2D eigenvalue weighted by Gasteiger charge is 2.21. The quantitative estimate of drug-likeness (QED) is 0.639. The van der Waals surface area contributed by atoms with Crippen molar-refractivity contribution in [3.63, 3.8) is 0 Å². The summed E-state index contributed by atoms with van der Waals surface area (Å²) in [5.74, 6) is -0.122. The predicted molar refractivity (Wildman–Crippen MR) is 99.1 cm³/mol. The molecule has 0 radical (unpaired) electrons. The van der Waals surface area contributed by atoms with E-state index in [0.717, 1.165) is 23.1 Å². The maximum Gasteiger partial charge on any atom is 0.308 e. The van der Waals surface area contributed by atoms with Crippen molar-refractivity contribution in [2.45, 2.75) is 40.0 Å². The van der Waals surface area contributed by atoms with Crippen LogP contribution in [0.4, 0.5) is 0 Å². The summed E-state index contributed by atoms with van der Waals surface area (Å²) < 4.78 is 5.40. The van der Waals surface area contributed by atoms with Crippen molar-refractivity contribution in [3.8, 4) is 5.75 Å². The van der Waals surface area contributed by atoms with E-state index in [4.69, 9.17) is 4.74 Å². The molecule has 0 aliphatic carbocycles. The van der Waals surface area contributed by atoms with E-state index in [0.29, 0.717) is 17.9 Å². The first-order valence-corrected chi connectivity index (χ1v) is 8.54. The highest BCUT2D eigenvalue weighted by Crippen LogP contribution is 2.32. The Hall–Kier alpha value is -2.62. The standard InChI is InChI=1S/C21H25NO3/c1-14(2)18-11-10-15(3)19(20(18)25-16(4)23)21(24)22-13-12-17-8-6-5-7-9-17/h5-11,14H,12-13H2,1-4H3,(H,22,24). The molecule has 0 spiro atoms. The lowest BCUT2D eigenvalue weighted by molar-refractivity contribution is -0.131. The first kappa shape index (κ1) is 18.7. The van der Waals surface area contributed by atoms with E-state index in [1.807, 2.05) is 63.2 Å². The second kappa shape index (κ2) is 8.47. The number of ether oxygens (including phenoxy) is 1. The molecule has 0 bridgehead atoms. The van der Waals surface area contributed by atoms with Crippen LogP contribution in [0, 0.1) is 6.92 Å². The van der Waals surface area contributed by atoms with E-state index < -0.39 is 5.97 Å². The normalized spacial score (nSPS) is 10.6. The van der Waals surface area contributed by atoms with Gasteiger partial charge in [-0.25, -0.2) is 0 Å². The van der Waals surface area contributed by atoms with Crippen molar-refractivity contribution >= 4 is 11.9 Å². The van der Waals surface area contributed by atoms with E-state index >= 15 is 0 Å². The molecule has 132 valence electrons. The van der Waals surface area contributed by atoms with Gasteiger partial charge < -0.3 is 10.1 Å². The lowest BCUT2D eigenvalue weighted by atomic mass is 9.95. The molecule has 0 saturated carbocycles. The molecule has 0 aromatic heterocycles. The number of benzene rings is 2. The fraction of sp³-hybridized carbons (Fsp3) is 0.333. The third-order valence-corrected chi connectivity index (χ3v) is 4.03. The number of carbonyl (C=O) groups excluding carboxylic acids is 2. The molecule has 0 heterocycles. The number of hydrogen-bond acceptors (Lipinski definition) is 3. The molecule has 0 aliphatic rings. The van der Waals surface area contributed by atoms with Crippen LogP contribution in [0.25, 0.3) is 0 Å². The van der Waals surface area contributed by atoms with Crippen LogP contribution in [0.15, 0.2) is 42.5 Å². The zero-order chi connectivity index (χ0) is 18.4. The van der Waals surface area contributed by atoms with Crippen LogP contribution in [0.5, 0.6) is 5.75 Å². The van der Waals surface area contributed by atoms with Crippen molar-refractivity contribution in [1.29, 1.82) is 0 Å². The van der Waals surface area contributed by atoms with Gasteiger partial charge in [-0.3, -0.25) is 9.59 Å². The summed E-state index contributed by atoms with van der Waals surface area (Å²) in [6, 6.07) is 13.8. The van der Waals surface area contributed by atoms with Gasteiger partial charge >= 0.3 is 5.97 Å². The third-order valence-electron chi connectivity index (χ3n) is 4.03. The van der Waals surface area contributed by atoms with Gasteiger partial charge in [-0.05, 0) is 36.0 Å². The van der Waals surface area contributed by atoms with E-state index in [9.17, 15) is 9.59 Å². The van der Waals surface area contributed by atoms with Gasteiger partial charge in [-0.1, -0.05) is 56.3 Å². The summed E-state index contributed by atoms with van der Waals surface area (Å²) in [5.41, 5.74) is 3.25. The summed E-state index contributed by atoms with van der Waals surface area (Å²) in [6.45, 7) is 7.74. The van der Waals surface area contributed by atoms with Crippen LogP contribution < -0.4 is 10.1 Å². The summed E-state index contributed by atoms with van der Waals surface area (Å²) in [6.07, 6.45) is 0.748.